The normalized spacial score (nSPS) is 11.9. The van der Waals surface area contributed by atoms with Gasteiger partial charge in [-0.3, -0.25) is 4.79 Å². The fraction of sp³-hybridized carbons (Fsp3) is 0.409. The van der Waals surface area contributed by atoms with Crippen LogP contribution in [0.4, 0.5) is 0 Å². The number of nitrogens with one attached hydrogen (secondary N) is 2. The Morgan fingerprint density at radius 2 is 1.72 bits per heavy atom. The van der Waals surface area contributed by atoms with Crippen LogP contribution in [0.1, 0.15) is 49.2 Å². The van der Waals surface area contributed by atoms with Gasteiger partial charge in [-0.05, 0) is 47.7 Å². The summed E-state index contributed by atoms with van der Waals surface area (Å²) in [5.74, 6) is 0.407. The van der Waals surface area contributed by atoms with E-state index < -0.39 is 10.0 Å². The van der Waals surface area contributed by atoms with Crippen LogP contribution in [0.5, 0.6) is 5.75 Å². The van der Waals surface area contributed by atoms with Gasteiger partial charge in [0.2, 0.25) is 10.0 Å². The fourth-order valence-corrected chi connectivity index (χ4v) is 3.83. The maximum atomic E-state index is 12.5. The summed E-state index contributed by atoms with van der Waals surface area (Å²) >= 11 is 0. The van der Waals surface area contributed by atoms with Gasteiger partial charge in [-0.25, -0.2) is 13.1 Å². The van der Waals surface area contributed by atoms with Crippen molar-refractivity contribution in [3.8, 4) is 5.75 Å². The van der Waals surface area contributed by atoms with E-state index in [1.807, 2.05) is 24.3 Å². The molecule has 2 rings (SSSR count). The molecule has 0 unspecified atom stereocenters. The second-order valence-electron chi connectivity index (χ2n) is 7.86. The van der Waals surface area contributed by atoms with E-state index in [2.05, 4.69) is 30.8 Å². The second-order valence-corrected chi connectivity index (χ2v) is 9.62. The molecule has 0 saturated heterocycles. The Balaban J connectivity index is 1.94. The summed E-state index contributed by atoms with van der Waals surface area (Å²) < 4.78 is 32.4. The molecule has 0 saturated carbocycles. The Morgan fingerprint density at radius 3 is 2.31 bits per heavy atom. The van der Waals surface area contributed by atoms with Crippen LogP contribution in [0.2, 0.25) is 0 Å². The van der Waals surface area contributed by atoms with E-state index in [0.717, 1.165) is 5.75 Å². The van der Waals surface area contributed by atoms with Crippen LogP contribution in [-0.2, 0) is 15.4 Å². The van der Waals surface area contributed by atoms with Crippen LogP contribution in [-0.4, -0.2) is 34.0 Å². The molecule has 6 nitrogen and oxygen atoms in total. The summed E-state index contributed by atoms with van der Waals surface area (Å²) in [7, 11) is -3.61. The first-order valence-corrected chi connectivity index (χ1v) is 11.1. The Labute approximate surface area is 173 Å². The van der Waals surface area contributed by atoms with Gasteiger partial charge in [0.15, 0.2) is 0 Å². The Bertz CT molecular complexity index is 946. The van der Waals surface area contributed by atoms with Gasteiger partial charge in [-0.1, -0.05) is 45.9 Å². The molecule has 2 aromatic carbocycles. The van der Waals surface area contributed by atoms with E-state index in [4.69, 9.17) is 4.74 Å². The third-order valence-corrected chi connectivity index (χ3v) is 6.02. The maximum Gasteiger partial charge on any atom is 0.251 e. The van der Waals surface area contributed by atoms with Gasteiger partial charge in [0.1, 0.15) is 12.4 Å². The predicted octanol–water partition coefficient (Wildman–Crippen LogP) is 3.40. The number of rotatable bonds is 8. The molecule has 0 spiro atoms. The van der Waals surface area contributed by atoms with Crippen LogP contribution in [0.15, 0.2) is 47.4 Å². The van der Waals surface area contributed by atoms with Gasteiger partial charge in [0.05, 0.1) is 11.4 Å². The van der Waals surface area contributed by atoms with Gasteiger partial charge in [0.25, 0.3) is 5.91 Å². The Kier molecular flexibility index (Phi) is 7.43. The number of carbonyl (C=O) groups excluding carboxylic acids is 1. The number of carbonyl (C=O) groups is 1. The van der Waals surface area contributed by atoms with Crippen LogP contribution in [0, 0.1) is 6.92 Å². The first-order valence-electron chi connectivity index (χ1n) is 9.66. The van der Waals surface area contributed by atoms with Gasteiger partial charge >= 0.3 is 0 Å². The molecule has 0 heterocycles. The molecule has 0 aliphatic rings. The third-order valence-electron chi connectivity index (χ3n) is 4.48. The van der Waals surface area contributed by atoms with Crippen molar-refractivity contribution in [1.82, 2.24) is 10.0 Å². The zero-order chi connectivity index (χ0) is 21.7. The van der Waals surface area contributed by atoms with E-state index in [1.54, 1.807) is 19.9 Å². The lowest BCUT2D eigenvalue weighted by molar-refractivity contribution is 0.0946. The fourth-order valence-electron chi connectivity index (χ4n) is 2.77. The second kappa shape index (κ2) is 9.41. The third kappa shape index (κ3) is 6.30. The molecule has 29 heavy (non-hydrogen) atoms. The lowest BCUT2D eigenvalue weighted by atomic mass is 9.87. The van der Waals surface area contributed by atoms with Gasteiger partial charge in [0, 0.05) is 12.1 Å². The number of benzene rings is 2. The Morgan fingerprint density at radius 1 is 1.07 bits per heavy atom. The van der Waals surface area contributed by atoms with E-state index in [-0.39, 0.29) is 22.8 Å². The molecule has 0 fully saturated rings. The van der Waals surface area contributed by atoms with Crippen molar-refractivity contribution in [3.63, 3.8) is 0 Å². The van der Waals surface area contributed by atoms with Gasteiger partial charge in [-0.2, -0.15) is 0 Å². The summed E-state index contributed by atoms with van der Waals surface area (Å²) in [6.07, 6.45) is 0. The predicted molar refractivity (Wildman–Crippen MR) is 115 cm³/mol. The van der Waals surface area contributed by atoms with E-state index in [1.165, 1.54) is 17.7 Å². The monoisotopic (exact) mass is 418 g/mol. The van der Waals surface area contributed by atoms with Crippen LogP contribution >= 0.6 is 0 Å². The molecule has 0 bridgehead atoms. The van der Waals surface area contributed by atoms with Crippen molar-refractivity contribution < 1.29 is 17.9 Å². The van der Waals surface area contributed by atoms with Crippen molar-refractivity contribution in [2.75, 3.05) is 19.7 Å². The van der Waals surface area contributed by atoms with Crippen molar-refractivity contribution in [2.45, 2.75) is 44.9 Å². The maximum absolute atomic E-state index is 12.5. The standard InChI is InChI=1S/C22H30N2O4S/c1-6-24-29(26,27)19-12-7-16(2)20(15-19)21(25)23-13-14-28-18-10-8-17(9-11-18)22(3,4)5/h7-12,15,24H,6,13-14H2,1-5H3,(H,23,25). The quantitative estimate of drug-likeness (QED) is 0.644. The largest absolute Gasteiger partial charge is 0.492 e. The van der Waals surface area contributed by atoms with Crippen LogP contribution in [0.25, 0.3) is 0 Å². The molecular formula is C22H30N2O4S. The molecule has 7 heteroatoms. The first-order chi connectivity index (χ1) is 13.5. The van der Waals surface area contributed by atoms with Crippen molar-refractivity contribution in [2.24, 2.45) is 0 Å². The highest BCUT2D eigenvalue weighted by Crippen LogP contribution is 2.24. The summed E-state index contributed by atoms with van der Waals surface area (Å²) in [4.78, 5) is 12.6. The molecule has 0 aromatic heterocycles. The highest BCUT2D eigenvalue weighted by Gasteiger charge is 2.17. The van der Waals surface area contributed by atoms with Crippen LogP contribution < -0.4 is 14.8 Å². The molecule has 0 aliphatic heterocycles. The highest BCUT2D eigenvalue weighted by molar-refractivity contribution is 7.89. The lowest BCUT2D eigenvalue weighted by Crippen LogP contribution is -2.29. The van der Waals surface area contributed by atoms with Gasteiger partial charge < -0.3 is 10.1 Å². The number of ether oxygens (including phenoxy) is 1. The van der Waals surface area contributed by atoms with E-state index in [9.17, 15) is 13.2 Å². The molecule has 158 valence electrons. The average Bonchev–Trinajstić information content (AvgIpc) is 2.65. The number of amides is 1. The zero-order valence-corrected chi connectivity index (χ0v) is 18.5. The number of hydrogen-bond acceptors (Lipinski definition) is 4. The molecule has 2 N–H and O–H groups in total. The minimum absolute atomic E-state index is 0.0743. The number of aryl methyl sites for hydroxylation is 1. The number of sulfonamides is 1. The average molecular weight is 419 g/mol. The summed E-state index contributed by atoms with van der Waals surface area (Å²) in [6, 6.07) is 12.4. The molecular weight excluding hydrogens is 388 g/mol. The first kappa shape index (κ1) is 22.9. The minimum Gasteiger partial charge on any atom is -0.492 e. The molecule has 0 atom stereocenters. The Hall–Kier alpha value is -2.38. The molecule has 1 amide bonds. The molecule has 0 aliphatic carbocycles. The lowest BCUT2D eigenvalue weighted by Gasteiger charge is -2.19. The van der Waals surface area contributed by atoms with Crippen molar-refractivity contribution >= 4 is 15.9 Å². The number of hydrogen-bond donors (Lipinski definition) is 2. The topological polar surface area (TPSA) is 84.5 Å². The minimum atomic E-state index is -3.61. The highest BCUT2D eigenvalue weighted by atomic mass is 32.2. The summed E-state index contributed by atoms with van der Waals surface area (Å²) in [6.45, 7) is 10.8. The van der Waals surface area contributed by atoms with Crippen molar-refractivity contribution in [3.05, 3.63) is 59.2 Å². The zero-order valence-electron chi connectivity index (χ0n) is 17.7. The SMILES string of the molecule is CCNS(=O)(=O)c1ccc(C)c(C(=O)NCCOc2ccc(C(C)(C)C)cc2)c1. The van der Waals surface area contributed by atoms with Gasteiger partial charge in [-0.15, -0.1) is 0 Å². The summed E-state index contributed by atoms with van der Waals surface area (Å²) in [5.41, 5.74) is 2.34. The van der Waals surface area contributed by atoms with Crippen molar-refractivity contribution in [1.29, 1.82) is 0 Å². The smallest absolute Gasteiger partial charge is 0.251 e. The molecule has 2 aromatic rings. The summed E-state index contributed by atoms with van der Waals surface area (Å²) in [5, 5.41) is 2.78. The van der Waals surface area contributed by atoms with E-state index in [0.29, 0.717) is 24.3 Å². The van der Waals surface area contributed by atoms with E-state index >= 15 is 0 Å². The molecule has 0 radical (unpaired) electrons. The van der Waals surface area contributed by atoms with Crippen LogP contribution in [0.3, 0.4) is 0 Å².